The molecule has 0 spiro atoms. The van der Waals surface area contributed by atoms with Crippen molar-refractivity contribution >= 4 is 27.6 Å². The molecule has 1 aliphatic heterocycles. The Kier molecular flexibility index (Phi) is 4.82. The van der Waals surface area contributed by atoms with Crippen molar-refractivity contribution in [2.75, 3.05) is 31.7 Å². The van der Waals surface area contributed by atoms with Gasteiger partial charge in [0.25, 0.3) is 0 Å². The third kappa shape index (κ3) is 3.48. The molecule has 0 aliphatic carbocycles. The van der Waals surface area contributed by atoms with Gasteiger partial charge in [0.15, 0.2) is 0 Å². The minimum Gasteiger partial charge on any atom is -0.478 e. The van der Waals surface area contributed by atoms with E-state index in [9.17, 15) is 4.79 Å². The van der Waals surface area contributed by atoms with Crippen molar-refractivity contribution in [2.24, 2.45) is 5.92 Å². The van der Waals surface area contributed by atoms with Crippen LogP contribution in [0.15, 0.2) is 22.7 Å². The lowest BCUT2D eigenvalue weighted by atomic mass is 9.97. The first-order chi connectivity index (χ1) is 9.11. The summed E-state index contributed by atoms with van der Waals surface area (Å²) >= 11 is 3.47. The molecule has 104 valence electrons. The molecule has 1 N–H and O–H groups in total. The second-order valence-electron chi connectivity index (χ2n) is 4.86. The number of piperidine rings is 1. The smallest absolute Gasteiger partial charge is 0.335 e. The van der Waals surface area contributed by atoms with E-state index >= 15 is 0 Å². The summed E-state index contributed by atoms with van der Waals surface area (Å²) in [6.07, 6.45) is 2.22. The van der Waals surface area contributed by atoms with E-state index in [2.05, 4.69) is 20.8 Å². The Morgan fingerprint density at radius 3 is 2.68 bits per heavy atom. The van der Waals surface area contributed by atoms with E-state index in [1.54, 1.807) is 19.2 Å². The van der Waals surface area contributed by atoms with Gasteiger partial charge in [0, 0.05) is 31.3 Å². The van der Waals surface area contributed by atoms with Gasteiger partial charge >= 0.3 is 5.97 Å². The standard InChI is InChI=1S/C14H18BrNO3/c1-19-9-10-4-6-16(7-5-10)13-3-2-11(14(17)18)8-12(13)15/h2-3,8,10H,4-7,9H2,1H3,(H,17,18). The normalized spacial score (nSPS) is 16.6. The van der Waals surface area contributed by atoms with E-state index in [1.807, 2.05) is 6.07 Å². The minimum atomic E-state index is -0.897. The lowest BCUT2D eigenvalue weighted by Crippen LogP contribution is -2.35. The number of anilines is 1. The van der Waals surface area contributed by atoms with Crippen LogP contribution in [0.3, 0.4) is 0 Å². The number of aromatic carboxylic acids is 1. The number of carboxylic acid groups (broad SMARTS) is 1. The van der Waals surface area contributed by atoms with Crippen LogP contribution in [0.5, 0.6) is 0 Å². The maximum absolute atomic E-state index is 10.9. The molecule has 4 nitrogen and oxygen atoms in total. The zero-order chi connectivity index (χ0) is 13.8. The van der Waals surface area contributed by atoms with Crippen LogP contribution in [0.25, 0.3) is 0 Å². The third-order valence-corrected chi connectivity index (χ3v) is 4.19. The molecule has 2 rings (SSSR count). The van der Waals surface area contributed by atoms with Crippen LogP contribution >= 0.6 is 15.9 Å². The average Bonchev–Trinajstić information content (AvgIpc) is 2.40. The zero-order valence-corrected chi connectivity index (χ0v) is 12.5. The van der Waals surface area contributed by atoms with E-state index in [0.29, 0.717) is 11.5 Å². The molecule has 1 aromatic rings. The summed E-state index contributed by atoms with van der Waals surface area (Å²) in [4.78, 5) is 13.2. The largest absolute Gasteiger partial charge is 0.478 e. The Morgan fingerprint density at radius 1 is 1.47 bits per heavy atom. The Bertz CT molecular complexity index is 456. The molecule has 1 aromatic carbocycles. The summed E-state index contributed by atoms with van der Waals surface area (Å²) in [6.45, 7) is 2.80. The maximum Gasteiger partial charge on any atom is 0.335 e. The number of benzene rings is 1. The number of nitrogens with zero attached hydrogens (tertiary/aromatic N) is 1. The van der Waals surface area contributed by atoms with Gasteiger partial charge in [0.05, 0.1) is 11.3 Å². The summed E-state index contributed by atoms with van der Waals surface area (Å²) in [5.41, 5.74) is 1.38. The number of hydrogen-bond acceptors (Lipinski definition) is 3. The van der Waals surface area contributed by atoms with Crippen molar-refractivity contribution in [3.05, 3.63) is 28.2 Å². The molecule has 0 atom stereocenters. The van der Waals surface area contributed by atoms with Gasteiger partial charge in [0.1, 0.15) is 0 Å². The Morgan fingerprint density at radius 2 is 2.16 bits per heavy atom. The van der Waals surface area contributed by atoms with Crippen LogP contribution in [0.2, 0.25) is 0 Å². The maximum atomic E-state index is 10.9. The predicted octanol–water partition coefficient (Wildman–Crippen LogP) is 3.01. The van der Waals surface area contributed by atoms with Crippen molar-refractivity contribution in [3.8, 4) is 0 Å². The molecule has 0 amide bonds. The van der Waals surface area contributed by atoms with Crippen LogP contribution in [-0.4, -0.2) is 37.9 Å². The molecule has 1 aliphatic rings. The number of methoxy groups -OCH3 is 1. The molecule has 0 radical (unpaired) electrons. The third-order valence-electron chi connectivity index (χ3n) is 3.55. The van der Waals surface area contributed by atoms with Gasteiger partial charge in [-0.05, 0) is 52.9 Å². The number of carboxylic acids is 1. The molecule has 19 heavy (non-hydrogen) atoms. The molecule has 5 heteroatoms. The van der Waals surface area contributed by atoms with Crippen molar-refractivity contribution in [1.29, 1.82) is 0 Å². The number of carbonyl (C=O) groups is 1. The highest BCUT2D eigenvalue weighted by molar-refractivity contribution is 9.10. The second kappa shape index (κ2) is 6.39. The summed E-state index contributed by atoms with van der Waals surface area (Å²) in [6, 6.07) is 5.20. The summed E-state index contributed by atoms with van der Waals surface area (Å²) in [5, 5.41) is 8.96. The van der Waals surface area contributed by atoms with Crippen LogP contribution in [0.4, 0.5) is 5.69 Å². The molecule has 0 bridgehead atoms. The van der Waals surface area contributed by atoms with E-state index in [1.165, 1.54) is 0 Å². The van der Waals surface area contributed by atoms with Gasteiger partial charge in [-0.15, -0.1) is 0 Å². The van der Waals surface area contributed by atoms with E-state index < -0.39 is 5.97 Å². The van der Waals surface area contributed by atoms with Crippen molar-refractivity contribution in [1.82, 2.24) is 0 Å². The Labute approximate surface area is 121 Å². The van der Waals surface area contributed by atoms with Crippen LogP contribution in [0, 0.1) is 5.92 Å². The van der Waals surface area contributed by atoms with E-state index in [4.69, 9.17) is 9.84 Å². The fourth-order valence-electron chi connectivity index (χ4n) is 2.47. The Balaban J connectivity index is 2.05. The fourth-order valence-corrected chi connectivity index (χ4v) is 3.10. The quantitative estimate of drug-likeness (QED) is 0.923. The highest BCUT2D eigenvalue weighted by Crippen LogP contribution is 2.30. The fraction of sp³-hybridized carbons (Fsp3) is 0.500. The first-order valence-electron chi connectivity index (χ1n) is 6.38. The van der Waals surface area contributed by atoms with Crippen LogP contribution < -0.4 is 4.90 Å². The molecule has 0 unspecified atom stereocenters. The van der Waals surface area contributed by atoms with Gasteiger partial charge in [-0.2, -0.15) is 0 Å². The Hall–Kier alpha value is -1.07. The number of hydrogen-bond donors (Lipinski definition) is 1. The van der Waals surface area contributed by atoms with Crippen LogP contribution in [-0.2, 0) is 4.74 Å². The molecule has 0 saturated carbocycles. The first-order valence-corrected chi connectivity index (χ1v) is 7.18. The molecule has 1 fully saturated rings. The highest BCUT2D eigenvalue weighted by atomic mass is 79.9. The molecule has 0 aromatic heterocycles. The van der Waals surface area contributed by atoms with E-state index in [-0.39, 0.29) is 0 Å². The van der Waals surface area contributed by atoms with Crippen LogP contribution in [0.1, 0.15) is 23.2 Å². The monoisotopic (exact) mass is 327 g/mol. The minimum absolute atomic E-state index is 0.310. The first kappa shape index (κ1) is 14.3. The van der Waals surface area contributed by atoms with Crippen molar-refractivity contribution < 1.29 is 14.6 Å². The number of rotatable bonds is 4. The van der Waals surface area contributed by atoms with Gasteiger partial charge in [-0.25, -0.2) is 4.79 Å². The van der Waals surface area contributed by atoms with Gasteiger partial charge in [-0.1, -0.05) is 0 Å². The topological polar surface area (TPSA) is 49.8 Å². The van der Waals surface area contributed by atoms with Crippen molar-refractivity contribution in [2.45, 2.75) is 12.8 Å². The zero-order valence-electron chi connectivity index (χ0n) is 10.9. The SMILES string of the molecule is COCC1CCN(c2ccc(C(=O)O)cc2Br)CC1. The van der Waals surface area contributed by atoms with Gasteiger partial charge in [0.2, 0.25) is 0 Å². The molecular weight excluding hydrogens is 310 g/mol. The highest BCUT2D eigenvalue weighted by Gasteiger charge is 2.21. The van der Waals surface area contributed by atoms with Gasteiger partial charge < -0.3 is 14.7 Å². The second-order valence-corrected chi connectivity index (χ2v) is 5.71. The van der Waals surface area contributed by atoms with E-state index in [0.717, 1.165) is 42.7 Å². The number of ether oxygens (including phenoxy) is 1. The average molecular weight is 328 g/mol. The molecule has 1 saturated heterocycles. The van der Waals surface area contributed by atoms with Crippen molar-refractivity contribution in [3.63, 3.8) is 0 Å². The number of halogens is 1. The lowest BCUT2D eigenvalue weighted by molar-refractivity contribution is 0.0697. The molecular formula is C14H18BrNO3. The summed E-state index contributed by atoms with van der Waals surface area (Å²) in [7, 11) is 1.74. The van der Waals surface area contributed by atoms with Gasteiger partial charge in [-0.3, -0.25) is 0 Å². The predicted molar refractivity (Wildman–Crippen MR) is 77.9 cm³/mol. The summed E-state index contributed by atoms with van der Waals surface area (Å²) < 4.78 is 6.04. The summed E-state index contributed by atoms with van der Waals surface area (Å²) in [5.74, 6) is -0.260. The lowest BCUT2D eigenvalue weighted by Gasteiger charge is -2.34. The molecule has 1 heterocycles.